The second-order valence-corrected chi connectivity index (χ2v) is 6.78. The molecule has 0 aliphatic heterocycles. The molecule has 2 aromatic carbocycles. The average Bonchev–Trinajstić information content (AvgIpc) is 2.54. The van der Waals surface area contributed by atoms with E-state index in [1.807, 2.05) is 37.3 Å². The molecular formula is C16H19NO3S. The molecule has 21 heavy (non-hydrogen) atoms. The molecule has 2 rings (SSSR count). The number of methoxy groups -OCH3 is 1. The Kier molecular flexibility index (Phi) is 4.65. The Balaban J connectivity index is 2.29. The van der Waals surface area contributed by atoms with E-state index in [1.165, 1.54) is 4.31 Å². The first-order valence-corrected chi connectivity index (χ1v) is 8.08. The molecule has 0 bridgehead atoms. The lowest BCUT2D eigenvalue weighted by Gasteiger charge is -2.24. The van der Waals surface area contributed by atoms with Gasteiger partial charge in [0.05, 0.1) is 12.0 Å². The minimum absolute atomic E-state index is 0.238. The summed E-state index contributed by atoms with van der Waals surface area (Å²) in [6.45, 7) is 1.87. The molecule has 0 fully saturated rings. The third kappa shape index (κ3) is 3.25. The van der Waals surface area contributed by atoms with Gasteiger partial charge in [0.1, 0.15) is 5.75 Å². The molecular weight excluding hydrogens is 286 g/mol. The van der Waals surface area contributed by atoms with Crippen molar-refractivity contribution >= 4 is 10.0 Å². The average molecular weight is 305 g/mol. The summed E-state index contributed by atoms with van der Waals surface area (Å²) in [5, 5.41) is 0. The van der Waals surface area contributed by atoms with Crippen LogP contribution in [0.15, 0.2) is 59.5 Å². The first kappa shape index (κ1) is 15.5. The number of ether oxygens (including phenoxy) is 1. The van der Waals surface area contributed by atoms with Crippen LogP contribution < -0.4 is 4.74 Å². The zero-order chi connectivity index (χ0) is 15.5. The number of benzene rings is 2. The van der Waals surface area contributed by atoms with Crippen molar-refractivity contribution in [1.82, 2.24) is 4.31 Å². The highest BCUT2D eigenvalue weighted by Crippen LogP contribution is 2.26. The lowest BCUT2D eigenvalue weighted by molar-refractivity contribution is 0.398. The lowest BCUT2D eigenvalue weighted by Crippen LogP contribution is -2.29. The summed E-state index contributed by atoms with van der Waals surface area (Å²) in [5.41, 5.74) is 0.956. The molecule has 2 aromatic rings. The number of nitrogens with zero attached hydrogens (tertiary/aromatic N) is 1. The maximum absolute atomic E-state index is 12.6. The predicted octanol–water partition coefficient (Wildman–Crippen LogP) is 3.08. The molecule has 0 saturated carbocycles. The normalized spacial score (nSPS) is 13.1. The molecule has 1 atom stereocenters. The molecule has 0 aliphatic carbocycles. The second kappa shape index (κ2) is 6.28. The van der Waals surface area contributed by atoms with Gasteiger partial charge in [-0.2, -0.15) is 4.31 Å². The van der Waals surface area contributed by atoms with Crippen LogP contribution in [-0.4, -0.2) is 26.9 Å². The monoisotopic (exact) mass is 305 g/mol. The van der Waals surface area contributed by atoms with E-state index in [2.05, 4.69) is 0 Å². The van der Waals surface area contributed by atoms with Crippen LogP contribution in [0.25, 0.3) is 0 Å². The largest absolute Gasteiger partial charge is 0.497 e. The van der Waals surface area contributed by atoms with Gasteiger partial charge in [0, 0.05) is 13.1 Å². The summed E-state index contributed by atoms with van der Waals surface area (Å²) in [6.07, 6.45) is 0. The SMILES string of the molecule is COc1ccc(S(=O)(=O)N(C)[C@@H](C)c2ccccc2)cc1. The van der Waals surface area contributed by atoms with Gasteiger partial charge in [-0.15, -0.1) is 0 Å². The minimum atomic E-state index is -3.53. The fraction of sp³-hybridized carbons (Fsp3) is 0.250. The molecule has 0 aromatic heterocycles. The van der Waals surface area contributed by atoms with Crippen molar-refractivity contribution < 1.29 is 13.2 Å². The summed E-state index contributed by atoms with van der Waals surface area (Å²) in [4.78, 5) is 0.258. The highest BCUT2D eigenvalue weighted by molar-refractivity contribution is 7.89. The highest BCUT2D eigenvalue weighted by atomic mass is 32.2. The molecule has 5 heteroatoms. The van der Waals surface area contributed by atoms with Crippen molar-refractivity contribution in [1.29, 1.82) is 0 Å². The van der Waals surface area contributed by atoms with Crippen molar-refractivity contribution in [2.45, 2.75) is 17.9 Å². The van der Waals surface area contributed by atoms with Gasteiger partial charge in [0.25, 0.3) is 0 Å². The quantitative estimate of drug-likeness (QED) is 0.853. The minimum Gasteiger partial charge on any atom is -0.497 e. The van der Waals surface area contributed by atoms with Gasteiger partial charge in [-0.25, -0.2) is 8.42 Å². The topological polar surface area (TPSA) is 46.6 Å². The molecule has 0 spiro atoms. The van der Waals surface area contributed by atoms with Crippen molar-refractivity contribution in [2.24, 2.45) is 0 Å². The summed E-state index contributed by atoms with van der Waals surface area (Å²) in [7, 11) is -0.390. The zero-order valence-corrected chi connectivity index (χ0v) is 13.2. The van der Waals surface area contributed by atoms with E-state index in [9.17, 15) is 8.42 Å². The molecule has 0 heterocycles. The summed E-state index contributed by atoms with van der Waals surface area (Å²) in [5.74, 6) is 0.632. The van der Waals surface area contributed by atoms with Gasteiger partial charge in [0.2, 0.25) is 10.0 Å². The Hall–Kier alpha value is -1.85. The van der Waals surface area contributed by atoms with Crippen LogP contribution >= 0.6 is 0 Å². The smallest absolute Gasteiger partial charge is 0.243 e. The van der Waals surface area contributed by atoms with E-state index in [0.29, 0.717) is 5.75 Å². The van der Waals surface area contributed by atoms with Crippen molar-refractivity contribution in [2.75, 3.05) is 14.2 Å². The third-order valence-corrected chi connectivity index (χ3v) is 5.51. The van der Waals surface area contributed by atoms with Gasteiger partial charge in [-0.1, -0.05) is 30.3 Å². The van der Waals surface area contributed by atoms with E-state index >= 15 is 0 Å². The van der Waals surface area contributed by atoms with E-state index < -0.39 is 10.0 Å². The molecule has 0 radical (unpaired) electrons. The Morgan fingerprint density at radius 1 is 1.00 bits per heavy atom. The molecule has 4 nitrogen and oxygen atoms in total. The molecule has 0 aliphatic rings. The van der Waals surface area contributed by atoms with Gasteiger partial charge >= 0.3 is 0 Å². The Morgan fingerprint density at radius 3 is 2.10 bits per heavy atom. The second-order valence-electron chi connectivity index (χ2n) is 4.78. The summed E-state index contributed by atoms with van der Waals surface area (Å²) in [6, 6.07) is 15.7. The number of hydrogen-bond donors (Lipinski definition) is 0. The maximum atomic E-state index is 12.6. The van der Waals surface area contributed by atoms with Crippen LogP contribution in [0.5, 0.6) is 5.75 Å². The van der Waals surface area contributed by atoms with E-state index in [0.717, 1.165) is 5.56 Å². The van der Waals surface area contributed by atoms with Crippen molar-refractivity contribution in [3.05, 3.63) is 60.2 Å². The van der Waals surface area contributed by atoms with E-state index in [4.69, 9.17) is 4.74 Å². The fourth-order valence-electron chi connectivity index (χ4n) is 2.06. The Bertz CT molecular complexity index is 681. The molecule has 0 N–H and O–H groups in total. The number of rotatable bonds is 5. The maximum Gasteiger partial charge on any atom is 0.243 e. The van der Waals surface area contributed by atoms with E-state index in [-0.39, 0.29) is 10.9 Å². The Labute approximate surface area is 126 Å². The lowest BCUT2D eigenvalue weighted by atomic mass is 10.1. The molecule has 0 unspecified atom stereocenters. The van der Waals surface area contributed by atoms with Crippen LogP contribution in [-0.2, 0) is 10.0 Å². The van der Waals surface area contributed by atoms with Crippen LogP contribution in [0.1, 0.15) is 18.5 Å². The molecule has 0 amide bonds. The highest BCUT2D eigenvalue weighted by Gasteiger charge is 2.26. The van der Waals surface area contributed by atoms with Gasteiger partial charge in [-0.05, 0) is 36.8 Å². The molecule has 112 valence electrons. The molecule has 0 saturated heterocycles. The van der Waals surface area contributed by atoms with E-state index in [1.54, 1.807) is 38.4 Å². The summed E-state index contributed by atoms with van der Waals surface area (Å²) >= 11 is 0. The third-order valence-electron chi connectivity index (χ3n) is 3.56. The van der Waals surface area contributed by atoms with Crippen molar-refractivity contribution in [3.63, 3.8) is 0 Å². The number of sulfonamides is 1. The van der Waals surface area contributed by atoms with Crippen LogP contribution in [0.2, 0.25) is 0 Å². The first-order chi connectivity index (χ1) is 9.96. The van der Waals surface area contributed by atoms with Crippen LogP contribution in [0.4, 0.5) is 0 Å². The Morgan fingerprint density at radius 2 is 1.57 bits per heavy atom. The predicted molar refractivity (Wildman–Crippen MR) is 82.8 cm³/mol. The van der Waals surface area contributed by atoms with Crippen LogP contribution in [0, 0.1) is 0 Å². The van der Waals surface area contributed by atoms with Gasteiger partial charge in [0.15, 0.2) is 0 Å². The summed E-state index contributed by atoms with van der Waals surface area (Å²) < 4.78 is 31.7. The number of hydrogen-bond acceptors (Lipinski definition) is 3. The fourth-order valence-corrected chi connectivity index (χ4v) is 3.41. The van der Waals surface area contributed by atoms with Gasteiger partial charge < -0.3 is 4.74 Å². The van der Waals surface area contributed by atoms with Crippen LogP contribution in [0.3, 0.4) is 0 Å². The zero-order valence-electron chi connectivity index (χ0n) is 12.4. The van der Waals surface area contributed by atoms with Gasteiger partial charge in [-0.3, -0.25) is 0 Å². The first-order valence-electron chi connectivity index (χ1n) is 6.64. The van der Waals surface area contributed by atoms with Crippen molar-refractivity contribution in [3.8, 4) is 5.75 Å². The standard InChI is InChI=1S/C16H19NO3S/c1-13(14-7-5-4-6-8-14)17(2)21(18,19)16-11-9-15(20-3)10-12-16/h4-13H,1-3H3/t13-/m0/s1.